The van der Waals surface area contributed by atoms with Crippen LogP contribution in [0.5, 0.6) is 5.75 Å². The van der Waals surface area contributed by atoms with Crippen LogP contribution in [-0.4, -0.2) is 76.4 Å². The molecule has 0 aromatic heterocycles. The Bertz CT molecular complexity index is 1050. The summed E-state index contributed by atoms with van der Waals surface area (Å²) in [7, 11) is 0. The van der Waals surface area contributed by atoms with Crippen molar-refractivity contribution in [1.82, 2.24) is 10.2 Å². The van der Waals surface area contributed by atoms with E-state index in [1.54, 1.807) is 11.8 Å². The Labute approximate surface area is 250 Å². The molecule has 42 heavy (non-hydrogen) atoms. The van der Waals surface area contributed by atoms with Crippen molar-refractivity contribution in [2.24, 2.45) is 5.92 Å². The van der Waals surface area contributed by atoms with Crippen LogP contribution >= 0.6 is 0 Å². The van der Waals surface area contributed by atoms with Gasteiger partial charge in [0.1, 0.15) is 30.5 Å². The molecule has 0 saturated carbocycles. The summed E-state index contributed by atoms with van der Waals surface area (Å²) in [5, 5.41) is 23.2. The Balaban J connectivity index is 1.75. The SMILES string of the molecule is CC(C)=CCOc1ccc(CC2NC(=O)CC(O)CC(C(C)CCCCC(C)O)OC(=O)[C@@H]3CCCCN3C2=O)cc1. The van der Waals surface area contributed by atoms with E-state index in [1.807, 2.05) is 51.1 Å². The molecular formula is C33H50N2O7. The van der Waals surface area contributed by atoms with E-state index >= 15 is 0 Å². The minimum atomic E-state index is -1.02. The number of nitrogens with zero attached hydrogens (tertiary/aromatic N) is 1. The quantitative estimate of drug-likeness (QED) is 0.203. The molecule has 9 heteroatoms. The van der Waals surface area contributed by atoms with Gasteiger partial charge in [-0.3, -0.25) is 9.59 Å². The molecule has 2 aliphatic heterocycles. The molecule has 6 atom stereocenters. The molecule has 0 bridgehead atoms. The lowest BCUT2D eigenvalue weighted by atomic mass is 9.91. The summed E-state index contributed by atoms with van der Waals surface area (Å²) in [6.45, 7) is 8.65. The van der Waals surface area contributed by atoms with Crippen LogP contribution in [0.4, 0.5) is 0 Å². The van der Waals surface area contributed by atoms with Gasteiger partial charge >= 0.3 is 5.97 Å². The first-order chi connectivity index (χ1) is 20.0. The number of amides is 2. The number of unbranched alkanes of at least 4 members (excludes halogenated alkanes) is 1. The first kappa shape index (κ1) is 33.6. The number of aliphatic hydroxyl groups is 2. The number of nitrogens with one attached hydrogen (secondary N) is 1. The third-order valence-electron chi connectivity index (χ3n) is 8.16. The summed E-state index contributed by atoms with van der Waals surface area (Å²) in [5.41, 5.74) is 2.01. The lowest BCUT2D eigenvalue weighted by Gasteiger charge is -2.38. The van der Waals surface area contributed by atoms with Crippen molar-refractivity contribution in [3.8, 4) is 5.75 Å². The van der Waals surface area contributed by atoms with Crippen molar-refractivity contribution in [1.29, 1.82) is 0 Å². The van der Waals surface area contributed by atoms with Crippen LogP contribution in [-0.2, 0) is 25.5 Å². The van der Waals surface area contributed by atoms with Gasteiger partial charge in [-0.2, -0.15) is 0 Å². The minimum Gasteiger partial charge on any atom is -0.490 e. The number of fused-ring (bicyclic) bond motifs is 1. The molecule has 0 spiro atoms. The van der Waals surface area contributed by atoms with E-state index in [1.165, 1.54) is 5.57 Å². The van der Waals surface area contributed by atoms with Gasteiger partial charge in [-0.25, -0.2) is 4.79 Å². The Hall–Kier alpha value is -2.91. The molecule has 234 valence electrons. The Morgan fingerprint density at radius 1 is 1.12 bits per heavy atom. The average molecular weight is 587 g/mol. The summed E-state index contributed by atoms with van der Waals surface area (Å²) >= 11 is 0. The van der Waals surface area contributed by atoms with Crippen LogP contribution in [0, 0.1) is 5.92 Å². The van der Waals surface area contributed by atoms with E-state index in [0.717, 1.165) is 37.7 Å². The lowest BCUT2D eigenvalue weighted by molar-refractivity contribution is -0.166. The number of cyclic esters (lactones) is 1. The van der Waals surface area contributed by atoms with Gasteiger partial charge in [-0.15, -0.1) is 0 Å². The first-order valence-electron chi connectivity index (χ1n) is 15.5. The third kappa shape index (κ3) is 10.7. The molecule has 1 aromatic rings. The monoisotopic (exact) mass is 586 g/mol. The molecule has 2 saturated heterocycles. The Kier molecular flexibility index (Phi) is 13.3. The van der Waals surface area contributed by atoms with Crippen molar-refractivity contribution in [2.75, 3.05) is 13.2 Å². The molecule has 2 heterocycles. The van der Waals surface area contributed by atoms with Crippen LogP contribution in [0.25, 0.3) is 0 Å². The van der Waals surface area contributed by atoms with Crippen LogP contribution in [0.3, 0.4) is 0 Å². The van der Waals surface area contributed by atoms with Gasteiger partial charge in [0.25, 0.3) is 0 Å². The zero-order valence-corrected chi connectivity index (χ0v) is 25.7. The fourth-order valence-corrected chi connectivity index (χ4v) is 5.64. The van der Waals surface area contributed by atoms with Gasteiger partial charge in [0.05, 0.1) is 18.6 Å². The van der Waals surface area contributed by atoms with Crippen molar-refractivity contribution >= 4 is 17.8 Å². The highest BCUT2D eigenvalue weighted by molar-refractivity contribution is 5.91. The summed E-state index contributed by atoms with van der Waals surface area (Å²) in [6.07, 6.45) is 5.51. The maximum atomic E-state index is 13.9. The summed E-state index contributed by atoms with van der Waals surface area (Å²) in [4.78, 5) is 42.0. The number of benzene rings is 1. The van der Waals surface area contributed by atoms with Crippen molar-refractivity contribution in [2.45, 2.75) is 122 Å². The number of ether oxygens (including phenoxy) is 2. The highest BCUT2D eigenvalue weighted by Gasteiger charge is 2.39. The summed E-state index contributed by atoms with van der Waals surface area (Å²) in [6, 6.07) is 5.82. The van der Waals surface area contributed by atoms with Crippen LogP contribution in [0.15, 0.2) is 35.9 Å². The Morgan fingerprint density at radius 3 is 2.52 bits per heavy atom. The number of rotatable bonds is 11. The Morgan fingerprint density at radius 2 is 1.83 bits per heavy atom. The zero-order valence-electron chi connectivity index (χ0n) is 25.7. The topological polar surface area (TPSA) is 125 Å². The fraction of sp³-hybridized carbons (Fsp3) is 0.667. The van der Waals surface area contributed by atoms with Crippen LogP contribution in [0.1, 0.15) is 91.0 Å². The highest BCUT2D eigenvalue weighted by atomic mass is 16.5. The second-order valence-electron chi connectivity index (χ2n) is 12.3. The molecule has 9 nitrogen and oxygen atoms in total. The second-order valence-corrected chi connectivity index (χ2v) is 12.3. The lowest BCUT2D eigenvalue weighted by Crippen LogP contribution is -2.57. The summed E-state index contributed by atoms with van der Waals surface area (Å²) < 4.78 is 11.7. The molecule has 5 unspecified atom stereocenters. The molecule has 3 rings (SSSR count). The second kappa shape index (κ2) is 16.7. The number of allylic oxidation sites excluding steroid dienone is 1. The molecule has 3 N–H and O–H groups in total. The van der Waals surface area contributed by atoms with Gasteiger partial charge in [-0.1, -0.05) is 37.5 Å². The third-order valence-corrected chi connectivity index (χ3v) is 8.16. The van der Waals surface area contributed by atoms with Crippen molar-refractivity contribution in [3.63, 3.8) is 0 Å². The van der Waals surface area contributed by atoms with E-state index in [4.69, 9.17) is 9.47 Å². The maximum absolute atomic E-state index is 13.9. The number of hydrogen-bond donors (Lipinski definition) is 3. The summed E-state index contributed by atoms with van der Waals surface area (Å²) in [5.74, 6) is -0.505. The van der Waals surface area contributed by atoms with E-state index in [9.17, 15) is 24.6 Å². The molecular weight excluding hydrogens is 536 g/mol. The number of aliphatic hydroxyl groups excluding tert-OH is 2. The van der Waals surface area contributed by atoms with Gasteiger partial charge < -0.3 is 29.9 Å². The van der Waals surface area contributed by atoms with Crippen LogP contribution in [0.2, 0.25) is 0 Å². The average Bonchev–Trinajstić information content (AvgIpc) is 2.94. The molecule has 2 fully saturated rings. The van der Waals surface area contributed by atoms with Gasteiger partial charge in [-0.05, 0) is 82.6 Å². The fourth-order valence-electron chi connectivity index (χ4n) is 5.64. The smallest absolute Gasteiger partial charge is 0.329 e. The molecule has 2 amide bonds. The predicted molar refractivity (Wildman–Crippen MR) is 161 cm³/mol. The van der Waals surface area contributed by atoms with E-state index in [-0.39, 0.29) is 37.2 Å². The first-order valence-corrected chi connectivity index (χ1v) is 15.5. The zero-order chi connectivity index (χ0) is 30.6. The molecule has 0 radical (unpaired) electrons. The molecule has 2 aliphatic rings. The van der Waals surface area contributed by atoms with E-state index in [2.05, 4.69) is 5.32 Å². The highest BCUT2D eigenvalue weighted by Crippen LogP contribution is 2.26. The van der Waals surface area contributed by atoms with Gasteiger partial charge in [0.2, 0.25) is 11.8 Å². The maximum Gasteiger partial charge on any atom is 0.329 e. The van der Waals surface area contributed by atoms with E-state index in [0.29, 0.717) is 31.7 Å². The molecule has 1 aromatic carbocycles. The normalized spacial score (nSPS) is 25.2. The standard InChI is InChI=1S/C33H50N2O7/c1-22(2)16-18-41-27-14-12-25(13-15-27)19-28-32(39)35-17-8-7-11-29(35)33(40)42-30(20-26(37)21-31(38)34-28)23(3)9-5-6-10-24(4)36/h12-16,23-24,26,28-30,36-37H,5-11,17-21H2,1-4H3,(H,34,38)/t23?,24?,26?,28?,29-,30?/m0/s1. The number of hydrogen-bond acceptors (Lipinski definition) is 7. The van der Waals surface area contributed by atoms with Crippen molar-refractivity contribution in [3.05, 3.63) is 41.5 Å². The van der Waals surface area contributed by atoms with Crippen LogP contribution < -0.4 is 10.1 Å². The van der Waals surface area contributed by atoms with Crippen molar-refractivity contribution < 1.29 is 34.1 Å². The predicted octanol–water partition coefficient (Wildman–Crippen LogP) is 4.08. The number of piperidine rings is 1. The number of esters is 1. The minimum absolute atomic E-state index is 0.0435. The molecule has 0 aliphatic carbocycles. The van der Waals surface area contributed by atoms with E-state index < -0.39 is 36.2 Å². The number of carbonyl (C=O) groups excluding carboxylic acids is 3. The largest absolute Gasteiger partial charge is 0.490 e. The van der Waals surface area contributed by atoms with Gasteiger partial charge in [0.15, 0.2) is 0 Å². The number of carbonyl (C=O) groups is 3. The van der Waals surface area contributed by atoms with Gasteiger partial charge in [0, 0.05) is 19.4 Å².